The molecule has 0 aliphatic carbocycles. The van der Waals surface area contributed by atoms with E-state index < -0.39 is 0 Å². The lowest BCUT2D eigenvalue weighted by atomic mass is 10.0. The highest BCUT2D eigenvalue weighted by Gasteiger charge is 2.17. The molecule has 7 nitrogen and oxygen atoms in total. The largest absolute Gasteiger partial charge is 0.484 e. The number of rotatable bonds is 4. The first kappa shape index (κ1) is 18.1. The molecule has 0 radical (unpaired) electrons. The summed E-state index contributed by atoms with van der Waals surface area (Å²) < 4.78 is 6.17. The number of aromatic nitrogens is 5. The van der Waals surface area contributed by atoms with Gasteiger partial charge >= 0.3 is 0 Å². The number of hydrogen-bond acceptors (Lipinski definition) is 7. The van der Waals surface area contributed by atoms with E-state index in [2.05, 4.69) is 24.9 Å². The fourth-order valence-corrected chi connectivity index (χ4v) is 3.18. The molecular formula is C20H17ClN6O. The highest BCUT2D eigenvalue weighted by atomic mass is 35.5. The summed E-state index contributed by atoms with van der Waals surface area (Å²) in [5.41, 5.74) is 9.30. The van der Waals surface area contributed by atoms with Crippen molar-refractivity contribution in [1.29, 1.82) is 0 Å². The van der Waals surface area contributed by atoms with Gasteiger partial charge in [0.1, 0.15) is 29.8 Å². The predicted octanol–water partition coefficient (Wildman–Crippen LogP) is 4.17. The van der Waals surface area contributed by atoms with Crippen molar-refractivity contribution in [1.82, 2.24) is 24.9 Å². The second-order valence-electron chi connectivity index (χ2n) is 6.27. The molecular weight excluding hydrogens is 376 g/mol. The van der Waals surface area contributed by atoms with Gasteiger partial charge in [0, 0.05) is 29.7 Å². The Morgan fingerprint density at radius 2 is 1.96 bits per heavy atom. The van der Waals surface area contributed by atoms with E-state index in [-0.39, 0.29) is 6.10 Å². The minimum absolute atomic E-state index is 0.303. The number of anilines is 1. The third kappa shape index (κ3) is 3.44. The van der Waals surface area contributed by atoms with Gasteiger partial charge in [0.15, 0.2) is 0 Å². The summed E-state index contributed by atoms with van der Waals surface area (Å²) >= 11 is 6.10. The lowest BCUT2D eigenvalue weighted by Gasteiger charge is -2.17. The molecule has 28 heavy (non-hydrogen) atoms. The topological polar surface area (TPSA) is 99.7 Å². The van der Waals surface area contributed by atoms with Gasteiger partial charge in [-0.2, -0.15) is 0 Å². The molecule has 0 spiro atoms. The summed E-state index contributed by atoms with van der Waals surface area (Å²) in [6.07, 6.45) is 6.15. The van der Waals surface area contributed by atoms with Crippen LogP contribution in [0.25, 0.3) is 22.0 Å². The Bertz CT molecular complexity index is 1170. The Balaban J connectivity index is 1.81. The van der Waals surface area contributed by atoms with Crippen LogP contribution in [0.2, 0.25) is 5.02 Å². The molecule has 0 aliphatic rings. The number of ether oxygens (including phenoxy) is 1. The van der Waals surface area contributed by atoms with Crippen molar-refractivity contribution in [3.05, 3.63) is 65.7 Å². The SMILES string of the molecule is Cc1nccc(C(C)Oc2ccc(-c3cncc(Cl)c3)c3ncnc(N)c23)n1. The first-order chi connectivity index (χ1) is 13.5. The van der Waals surface area contributed by atoms with Crippen LogP contribution in [-0.4, -0.2) is 24.9 Å². The normalized spacial score (nSPS) is 12.1. The lowest BCUT2D eigenvalue weighted by Crippen LogP contribution is -2.08. The molecule has 3 heterocycles. The van der Waals surface area contributed by atoms with Crippen molar-refractivity contribution in [2.45, 2.75) is 20.0 Å². The molecule has 1 atom stereocenters. The summed E-state index contributed by atoms with van der Waals surface area (Å²) in [4.78, 5) is 21.3. The average molecular weight is 393 g/mol. The Kier molecular flexibility index (Phi) is 4.75. The molecule has 140 valence electrons. The van der Waals surface area contributed by atoms with Crippen LogP contribution in [0.4, 0.5) is 5.82 Å². The van der Waals surface area contributed by atoms with Crippen molar-refractivity contribution in [2.24, 2.45) is 0 Å². The Hall–Kier alpha value is -3.32. The number of benzene rings is 1. The summed E-state index contributed by atoms with van der Waals surface area (Å²) in [5.74, 6) is 1.60. The maximum Gasteiger partial charge on any atom is 0.138 e. The standard InChI is InChI=1S/C20H17ClN6O/c1-11(16-5-6-24-12(2)27-16)28-17-4-3-15(13-7-14(21)9-23-8-13)19-18(17)20(22)26-10-25-19/h3-11H,1-2H3,(H2,22,25,26). The first-order valence-corrected chi connectivity index (χ1v) is 9.01. The second-order valence-corrected chi connectivity index (χ2v) is 6.71. The highest BCUT2D eigenvalue weighted by molar-refractivity contribution is 6.30. The van der Waals surface area contributed by atoms with E-state index >= 15 is 0 Å². The number of aryl methyl sites for hydroxylation is 1. The van der Waals surface area contributed by atoms with Crippen molar-refractivity contribution >= 4 is 28.3 Å². The van der Waals surface area contributed by atoms with Gasteiger partial charge in [0.05, 0.1) is 21.6 Å². The van der Waals surface area contributed by atoms with E-state index in [1.54, 1.807) is 18.6 Å². The van der Waals surface area contributed by atoms with Crippen molar-refractivity contribution in [3.8, 4) is 16.9 Å². The third-order valence-corrected chi connectivity index (χ3v) is 4.52. The minimum Gasteiger partial charge on any atom is -0.484 e. The van der Waals surface area contributed by atoms with Gasteiger partial charge in [-0.1, -0.05) is 11.6 Å². The summed E-state index contributed by atoms with van der Waals surface area (Å²) in [5, 5.41) is 1.18. The quantitative estimate of drug-likeness (QED) is 0.556. The summed E-state index contributed by atoms with van der Waals surface area (Å²) in [6.45, 7) is 3.76. The number of hydrogen-bond donors (Lipinski definition) is 1. The van der Waals surface area contributed by atoms with Gasteiger partial charge in [0.25, 0.3) is 0 Å². The Morgan fingerprint density at radius 1 is 1.11 bits per heavy atom. The zero-order chi connectivity index (χ0) is 19.7. The Morgan fingerprint density at radius 3 is 2.75 bits per heavy atom. The molecule has 0 saturated heterocycles. The maximum atomic E-state index is 6.17. The van der Waals surface area contributed by atoms with Gasteiger partial charge in [0.2, 0.25) is 0 Å². The van der Waals surface area contributed by atoms with Crippen LogP contribution < -0.4 is 10.5 Å². The van der Waals surface area contributed by atoms with Crippen molar-refractivity contribution < 1.29 is 4.74 Å². The van der Waals surface area contributed by atoms with Crippen LogP contribution in [0.3, 0.4) is 0 Å². The van der Waals surface area contributed by atoms with Crippen LogP contribution in [-0.2, 0) is 0 Å². The molecule has 0 saturated carbocycles. The second kappa shape index (κ2) is 7.36. The fraction of sp³-hybridized carbons (Fsp3) is 0.150. The van der Waals surface area contributed by atoms with Gasteiger partial charge in [-0.3, -0.25) is 4.98 Å². The molecule has 0 aliphatic heterocycles. The molecule has 4 aromatic rings. The zero-order valence-corrected chi connectivity index (χ0v) is 16.1. The monoisotopic (exact) mass is 392 g/mol. The van der Waals surface area contributed by atoms with E-state index in [0.29, 0.717) is 33.3 Å². The third-order valence-electron chi connectivity index (χ3n) is 4.31. The van der Waals surface area contributed by atoms with Gasteiger partial charge in [-0.25, -0.2) is 19.9 Å². The van der Waals surface area contributed by atoms with E-state index in [1.165, 1.54) is 6.33 Å². The van der Waals surface area contributed by atoms with E-state index in [9.17, 15) is 0 Å². The average Bonchev–Trinajstić information content (AvgIpc) is 2.68. The van der Waals surface area contributed by atoms with Crippen LogP contribution in [0.15, 0.2) is 49.2 Å². The smallest absolute Gasteiger partial charge is 0.138 e. The minimum atomic E-state index is -0.303. The summed E-state index contributed by atoms with van der Waals surface area (Å²) in [6, 6.07) is 7.42. The van der Waals surface area contributed by atoms with Crippen molar-refractivity contribution in [2.75, 3.05) is 5.73 Å². The molecule has 4 rings (SSSR count). The lowest BCUT2D eigenvalue weighted by molar-refractivity contribution is 0.224. The molecule has 1 unspecified atom stereocenters. The van der Waals surface area contributed by atoms with E-state index in [4.69, 9.17) is 22.1 Å². The number of nitrogens with zero attached hydrogens (tertiary/aromatic N) is 5. The number of pyridine rings is 1. The van der Waals surface area contributed by atoms with Gasteiger partial charge < -0.3 is 10.5 Å². The first-order valence-electron chi connectivity index (χ1n) is 8.63. The zero-order valence-electron chi connectivity index (χ0n) is 15.3. The predicted molar refractivity (Wildman–Crippen MR) is 108 cm³/mol. The van der Waals surface area contributed by atoms with Crippen LogP contribution in [0.5, 0.6) is 5.75 Å². The Labute approximate surface area is 166 Å². The summed E-state index contributed by atoms with van der Waals surface area (Å²) in [7, 11) is 0. The van der Waals surface area contributed by atoms with Gasteiger partial charge in [-0.15, -0.1) is 0 Å². The van der Waals surface area contributed by atoms with E-state index in [0.717, 1.165) is 16.8 Å². The highest BCUT2D eigenvalue weighted by Crippen LogP contribution is 2.37. The maximum absolute atomic E-state index is 6.17. The molecule has 8 heteroatoms. The number of nitrogen functional groups attached to an aromatic ring is 1. The fourth-order valence-electron chi connectivity index (χ4n) is 3.01. The number of fused-ring (bicyclic) bond motifs is 1. The van der Waals surface area contributed by atoms with Gasteiger partial charge in [-0.05, 0) is 38.1 Å². The molecule has 0 amide bonds. The van der Waals surface area contributed by atoms with Crippen LogP contribution in [0.1, 0.15) is 24.5 Å². The molecule has 0 bridgehead atoms. The van der Waals surface area contributed by atoms with Crippen LogP contribution in [0, 0.1) is 6.92 Å². The number of nitrogens with two attached hydrogens (primary N) is 1. The van der Waals surface area contributed by atoms with Crippen molar-refractivity contribution in [3.63, 3.8) is 0 Å². The van der Waals surface area contributed by atoms with Crippen LogP contribution >= 0.6 is 11.6 Å². The molecule has 2 N–H and O–H groups in total. The van der Waals surface area contributed by atoms with E-state index in [1.807, 2.05) is 38.1 Å². The molecule has 3 aromatic heterocycles. The molecule has 1 aromatic carbocycles. The number of halogens is 1. The molecule has 0 fully saturated rings.